The van der Waals surface area contributed by atoms with E-state index in [2.05, 4.69) is 40.3 Å². The maximum Gasteiger partial charge on any atom is 0.223 e. The van der Waals surface area contributed by atoms with Crippen molar-refractivity contribution in [3.63, 3.8) is 0 Å². The molecular formula is C14H19BrN2O. The number of carbonyl (C=O) groups is 1. The molecule has 1 N–H and O–H groups in total. The van der Waals surface area contributed by atoms with Crippen LogP contribution in [0.5, 0.6) is 0 Å². The fraction of sp³-hybridized carbons (Fsp3) is 0.500. The summed E-state index contributed by atoms with van der Waals surface area (Å²) in [5.74, 6) is 0.268. The van der Waals surface area contributed by atoms with Gasteiger partial charge in [-0.2, -0.15) is 0 Å². The standard InChI is InChI=1S/C14H19BrN2O/c1-11-10-16-7-8-17(11)14(18)6-5-12-3-2-4-13(15)9-12/h2-4,9,11,16H,5-8,10H2,1H3/t11-/m1/s1. The Bertz CT molecular complexity index is 422. The summed E-state index contributed by atoms with van der Waals surface area (Å²) in [5, 5.41) is 3.30. The molecule has 1 saturated heterocycles. The Morgan fingerprint density at radius 3 is 3.11 bits per heavy atom. The van der Waals surface area contributed by atoms with Crippen LogP contribution >= 0.6 is 15.9 Å². The number of halogens is 1. The van der Waals surface area contributed by atoms with Gasteiger partial charge in [0.1, 0.15) is 0 Å². The lowest BCUT2D eigenvalue weighted by atomic mass is 10.1. The molecule has 0 aliphatic carbocycles. The van der Waals surface area contributed by atoms with Crippen LogP contribution in [0.2, 0.25) is 0 Å². The smallest absolute Gasteiger partial charge is 0.223 e. The van der Waals surface area contributed by atoms with Gasteiger partial charge in [0, 0.05) is 36.6 Å². The van der Waals surface area contributed by atoms with E-state index in [0.717, 1.165) is 30.5 Å². The molecule has 0 radical (unpaired) electrons. The van der Waals surface area contributed by atoms with Gasteiger partial charge in [0.2, 0.25) is 5.91 Å². The first-order valence-corrected chi connectivity index (χ1v) is 7.21. The van der Waals surface area contributed by atoms with Crippen molar-refractivity contribution in [2.75, 3.05) is 19.6 Å². The van der Waals surface area contributed by atoms with E-state index >= 15 is 0 Å². The molecule has 0 saturated carbocycles. The Labute approximate surface area is 117 Å². The zero-order valence-electron chi connectivity index (χ0n) is 10.7. The Hall–Kier alpha value is -0.870. The number of hydrogen-bond donors (Lipinski definition) is 1. The van der Waals surface area contributed by atoms with Crippen molar-refractivity contribution in [3.05, 3.63) is 34.3 Å². The highest BCUT2D eigenvalue weighted by Crippen LogP contribution is 2.14. The Balaban J connectivity index is 1.88. The molecule has 0 unspecified atom stereocenters. The fourth-order valence-corrected chi connectivity index (χ4v) is 2.75. The van der Waals surface area contributed by atoms with Crippen LogP contribution in [0.3, 0.4) is 0 Å². The zero-order chi connectivity index (χ0) is 13.0. The minimum absolute atomic E-state index is 0.268. The number of aryl methyl sites for hydroxylation is 1. The fourth-order valence-electron chi connectivity index (χ4n) is 2.30. The summed E-state index contributed by atoms with van der Waals surface area (Å²) in [6.45, 7) is 4.75. The highest BCUT2D eigenvalue weighted by atomic mass is 79.9. The average Bonchev–Trinajstić information content (AvgIpc) is 2.37. The van der Waals surface area contributed by atoms with Crippen LogP contribution in [0.15, 0.2) is 28.7 Å². The molecule has 2 rings (SSSR count). The van der Waals surface area contributed by atoms with Crippen molar-refractivity contribution in [2.45, 2.75) is 25.8 Å². The maximum absolute atomic E-state index is 12.2. The summed E-state index contributed by atoms with van der Waals surface area (Å²) in [7, 11) is 0. The molecule has 1 aliphatic rings. The van der Waals surface area contributed by atoms with Gasteiger partial charge in [-0.3, -0.25) is 4.79 Å². The number of hydrogen-bond acceptors (Lipinski definition) is 2. The van der Waals surface area contributed by atoms with Gasteiger partial charge in [0.25, 0.3) is 0 Å². The van der Waals surface area contributed by atoms with E-state index in [9.17, 15) is 4.79 Å². The highest BCUT2D eigenvalue weighted by Gasteiger charge is 2.22. The summed E-state index contributed by atoms with van der Waals surface area (Å²) in [6, 6.07) is 8.48. The molecule has 1 atom stereocenters. The van der Waals surface area contributed by atoms with E-state index in [4.69, 9.17) is 0 Å². The van der Waals surface area contributed by atoms with Gasteiger partial charge in [-0.05, 0) is 31.0 Å². The van der Waals surface area contributed by atoms with Crippen LogP contribution in [0.1, 0.15) is 18.9 Å². The molecule has 98 valence electrons. The largest absolute Gasteiger partial charge is 0.337 e. The van der Waals surface area contributed by atoms with Crippen LogP contribution in [-0.4, -0.2) is 36.5 Å². The first kappa shape index (κ1) is 13.6. The van der Waals surface area contributed by atoms with E-state index in [0.29, 0.717) is 12.5 Å². The third kappa shape index (κ3) is 3.56. The molecule has 1 aromatic rings. The average molecular weight is 311 g/mol. The van der Waals surface area contributed by atoms with Crippen molar-refractivity contribution in [1.82, 2.24) is 10.2 Å². The van der Waals surface area contributed by atoms with Crippen molar-refractivity contribution >= 4 is 21.8 Å². The molecule has 1 aliphatic heterocycles. The van der Waals surface area contributed by atoms with Gasteiger partial charge in [-0.25, -0.2) is 0 Å². The first-order valence-electron chi connectivity index (χ1n) is 6.41. The lowest BCUT2D eigenvalue weighted by Crippen LogP contribution is -2.52. The molecule has 1 amide bonds. The topological polar surface area (TPSA) is 32.3 Å². The molecular weight excluding hydrogens is 292 g/mol. The Morgan fingerprint density at radius 2 is 2.39 bits per heavy atom. The Morgan fingerprint density at radius 1 is 1.56 bits per heavy atom. The SMILES string of the molecule is C[C@@H]1CNCCN1C(=O)CCc1cccc(Br)c1. The summed E-state index contributed by atoms with van der Waals surface area (Å²) in [5.41, 5.74) is 1.21. The molecule has 0 aromatic heterocycles. The van der Waals surface area contributed by atoms with Crippen LogP contribution in [0.4, 0.5) is 0 Å². The second kappa shape index (κ2) is 6.34. The van der Waals surface area contributed by atoms with Gasteiger partial charge in [0.05, 0.1) is 0 Å². The number of piperazine rings is 1. The normalized spacial score (nSPS) is 19.9. The summed E-state index contributed by atoms with van der Waals surface area (Å²) < 4.78 is 1.07. The van der Waals surface area contributed by atoms with Crippen LogP contribution < -0.4 is 5.32 Å². The molecule has 1 fully saturated rings. The van der Waals surface area contributed by atoms with Crippen LogP contribution in [0.25, 0.3) is 0 Å². The van der Waals surface area contributed by atoms with Crippen molar-refractivity contribution in [3.8, 4) is 0 Å². The maximum atomic E-state index is 12.2. The van der Waals surface area contributed by atoms with Gasteiger partial charge in [0.15, 0.2) is 0 Å². The number of rotatable bonds is 3. The second-order valence-corrected chi connectivity index (χ2v) is 5.69. The molecule has 3 nitrogen and oxygen atoms in total. The molecule has 18 heavy (non-hydrogen) atoms. The number of amides is 1. The Kier molecular flexibility index (Phi) is 4.78. The number of nitrogens with one attached hydrogen (secondary N) is 1. The van der Waals surface area contributed by atoms with Gasteiger partial charge < -0.3 is 10.2 Å². The van der Waals surface area contributed by atoms with Gasteiger partial charge in [-0.15, -0.1) is 0 Å². The van der Waals surface area contributed by atoms with Crippen LogP contribution in [0, 0.1) is 0 Å². The van der Waals surface area contributed by atoms with E-state index in [1.54, 1.807) is 0 Å². The monoisotopic (exact) mass is 310 g/mol. The quantitative estimate of drug-likeness (QED) is 0.928. The van der Waals surface area contributed by atoms with E-state index in [1.165, 1.54) is 5.56 Å². The predicted molar refractivity (Wildman–Crippen MR) is 76.5 cm³/mol. The van der Waals surface area contributed by atoms with Gasteiger partial charge >= 0.3 is 0 Å². The summed E-state index contributed by atoms with van der Waals surface area (Å²) in [6.07, 6.45) is 1.41. The third-order valence-corrected chi connectivity index (χ3v) is 3.83. The van der Waals surface area contributed by atoms with Gasteiger partial charge in [-0.1, -0.05) is 28.1 Å². The lowest BCUT2D eigenvalue weighted by Gasteiger charge is -2.34. The zero-order valence-corrected chi connectivity index (χ0v) is 12.2. The molecule has 0 bridgehead atoms. The van der Waals surface area contributed by atoms with E-state index < -0.39 is 0 Å². The minimum atomic E-state index is 0.268. The third-order valence-electron chi connectivity index (χ3n) is 3.34. The van der Waals surface area contributed by atoms with Crippen LogP contribution in [-0.2, 0) is 11.2 Å². The van der Waals surface area contributed by atoms with E-state index in [-0.39, 0.29) is 5.91 Å². The number of nitrogens with zero attached hydrogens (tertiary/aromatic N) is 1. The summed E-state index contributed by atoms with van der Waals surface area (Å²) in [4.78, 5) is 14.1. The van der Waals surface area contributed by atoms with Crippen molar-refractivity contribution < 1.29 is 4.79 Å². The molecule has 0 spiro atoms. The van der Waals surface area contributed by atoms with Crippen molar-refractivity contribution in [1.29, 1.82) is 0 Å². The molecule has 1 heterocycles. The summed E-state index contributed by atoms with van der Waals surface area (Å²) >= 11 is 3.45. The second-order valence-electron chi connectivity index (χ2n) is 4.77. The van der Waals surface area contributed by atoms with Crippen molar-refractivity contribution in [2.24, 2.45) is 0 Å². The highest BCUT2D eigenvalue weighted by molar-refractivity contribution is 9.10. The first-order chi connectivity index (χ1) is 8.66. The van der Waals surface area contributed by atoms with E-state index in [1.807, 2.05) is 17.0 Å². The molecule has 4 heteroatoms. The minimum Gasteiger partial charge on any atom is -0.337 e. The molecule has 1 aromatic carbocycles. The lowest BCUT2D eigenvalue weighted by molar-refractivity contribution is -0.133. The number of carbonyl (C=O) groups excluding carboxylic acids is 1. The predicted octanol–water partition coefficient (Wildman–Crippen LogP) is 2.20. The number of benzene rings is 1.